The third kappa shape index (κ3) is 0.786. The molecule has 0 fully saturated rings. The number of hydrogen-bond donors (Lipinski definition) is 0. The average Bonchev–Trinajstić information content (AvgIpc) is 2.15. The summed E-state index contributed by atoms with van der Waals surface area (Å²) in [6, 6.07) is 0. The van der Waals surface area contributed by atoms with Crippen LogP contribution in [0.3, 0.4) is 0 Å². The van der Waals surface area contributed by atoms with Crippen LogP contribution in [-0.2, 0) is 0 Å². The molecule has 0 radical (unpaired) electrons. The Morgan fingerprint density at radius 1 is 1.90 bits per heavy atom. The van der Waals surface area contributed by atoms with Crippen molar-refractivity contribution in [2.75, 3.05) is 0 Å². The fourth-order valence-corrected chi connectivity index (χ4v) is 0.651. The predicted molar refractivity (Wildman–Crippen MR) is 37.2 cm³/mol. The molecule has 54 valence electrons. The van der Waals surface area contributed by atoms with E-state index < -0.39 is 10.6 Å². The van der Waals surface area contributed by atoms with Gasteiger partial charge in [-0.05, 0) is 0 Å². The fraction of sp³-hybridized carbons (Fsp3) is 0.500. The van der Waals surface area contributed by atoms with Crippen molar-refractivity contribution in [2.24, 2.45) is 9.98 Å². The molecule has 1 aliphatic rings. The zero-order valence-corrected chi connectivity index (χ0v) is 5.87. The first-order valence-corrected chi connectivity index (χ1v) is 2.87. The molecule has 0 spiro atoms. The molecule has 5 nitrogen and oxygen atoms in total. The van der Waals surface area contributed by atoms with Crippen LogP contribution in [0.25, 0.3) is 0 Å². The molecule has 0 amide bonds. The normalized spacial score (nSPS) is 30.4. The van der Waals surface area contributed by atoms with E-state index in [1.165, 1.54) is 6.92 Å². The van der Waals surface area contributed by atoms with Crippen molar-refractivity contribution in [1.29, 1.82) is 0 Å². The zero-order valence-electron chi connectivity index (χ0n) is 5.11. The molecule has 0 saturated heterocycles. The molecule has 6 heteroatoms. The molecule has 0 bridgehead atoms. The van der Waals surface area contributed by atoms with Crippen molar-refractivity contribution in [3.63, 3.8) is 0 Å². The molecular weight excluding hydrogens is 158 g/mol. The molecule has 0 aromatic rings. The van der Waals surface area contributed by atoms with Crippen molar-refractivity contribution in [3.8, 4) is 0 Å². The summed E-state index contributed by atoms with van der Waals surface area (Å²) >= 11 is 5.40. The van der Waals surface area contributed by atoms with Crippen molar-refractivity contribution < 1.29 is 4.92 Å². The Labute approximate surface area is 61.6 Å². The Bertz CT molecular complexity index is 237. The summed E-state index contributed by atoms with van der Waals surface area (Å²) in [6.45, 7) is 1.29. The quantitative estimate of drug-likeness (QED) is 0.419. The largest absolute Gasteiger partial charge is 0.364 e. The average molecular weight is 162 g/mol. The van der Waals surface area contributed by atoms with Gasteiger partial charge in [-0.1, -0.05) is 11.6 Å². The van der Waals surface area contributed by atoms with Crippen LogP contribution in [0.2, 0.25) is 0 Å². The molecule has 1 atom stereocenters. The summed E-state index contributed by atoms with van der Waals surface area (Å²) in [4.78, 5) is 16.6. The van der Waals surface area contributed by atoms with Crippen LogP contribution in [0.15, 0.2) is 9.98 Å². The number of halogens is 1. The molecule has 0 aliphatic carbocycles. The van der Waals surface area contributed by atoms with Crippen molar-refractivity contribution in [3.05, 3.63) is 10.1 Å². The van der Waals surface area contributed by atoms with Crippen LogP contribution in [-0.4, -0.2) is 22.1 Å². The zero-order chi connectivity index (χ0) is 7.78. The topological polar surface area (TPSA) is 67.9 Å². The molecular formula is C4H4ClN3O2. The highest BCUT2D eigenvalue weighted by molar-refractivity contribution is 6.68. The summed E-state index contributed by atoms with van der Waals surface area (Å²) in [5.74, 6) is 0. The van der Waals surface area contributed by atoms with E-state index in [0.717, 1.165) is 6.34 Å². The molecule has 0 N–H and O–H groups in total. The van der Waals surface area contributed by atoms with Crippen molar-refractivity contribution in [1.82, 2.24) is 0 Å². The maximum absolute atomic E-state index is 10.3. The minimum Gasteiger partial charge on any atom is -0.262 e. The van der Waals surface area contributed by atoms with E-state index in [4.69, 9.17) is 11.6 Å². The van der Waals surface area contributed by atoms with Gasteiger partial charge in [-0.15, -0.1) is 0 Å². The van der Waals surface area contributed by atoms with Gasteiger partial charge >= 0.3 is 5.66 Å². The number of rotatable bonds is 1. The van der Waals surface area contributed by atoms with Crippen molar-refractivity contribution in [2.45, 2.75) is 12.6 Å². The third-order valence-corrected chi connectivity index (χ3v) is 1.68. The Morgan fingerprint density at radius 2 is 2.50 bits per heavy atom. The van der Waals surface area contributed by atoms with Crippen LogP contribution in [0.1, 0.15) is 6.92 Å². The van der Waals surface area contributed by atoms with Crippen LogP contribution < -0.4 is 0 Å². The second-order valence-corrected chi connectivity index (χ2v) is 2.30. The summed E-state index contributed by atoms with van der Waals surface area (Å²) in [7, 11) is 0. The first-order chi connectivity index (χ1) is 4.57. The lowest BCUT2D eigenvalue weighted by molar-refractivity contribution is -0.539. The number of hydrogen-bond acceptors (Lipinski definition) is 4. The highest BCUT2D eigenvalue weighted by atomic mass is 35.5. The Balaban J connectivity index is 3.00. The second kappa shape index (κ2) is 2.02. The van der Waals surface area contributed by atoms with Crippen LogP contribution in [0, 0.1) is 10.1 Å². The first kappa shape index (κ1) is 7.14. The SMILES string of the molecule is CC1([N+](=O)[O-])N=CN=C1Cl. The highest BCUT2D eigenvalue weighted by Crippen LogP contribution is 2.19. The maximum atomic E-state index is 10.3. The van der Waals surface area contributed by atoms with E-state index in [-0.39, 0.29) is 5.17 Å². The summed E-state index contributed by atoms with van der Waals surface area (Å²) in [5.41, 5.74) is -1.54. The lowest BCUT2D eigenvalue weighted by atomic mass is 10.3. The lowest BCUT2D eigenvalue weighted by Gasteiger charge is -2.07. The second-order valence-electron chi connectivity index (χ2n) is 1.94. The van der Waals surface area contributed by atoms with Crippen LogP contribution in [0.5, 0.6) is 0 Å². The Hall–Kier alpha value is -0.970. The molecule has 0 aromatic carbocycles. The first-order valence-electron chi connectivity index (χ1n) is 2.49. The smallest absolute Gasteiger partial charge is 0.262 e. The lowest BCUT2D eigenvalue weighted by Crippen LogP contribution is -2.36. The molecule has 1 aliphatic heterocycles. The van der Waals surface area contributed by atoms with Gasteiger partial charge in [-0.25, -0.2) is 4.99 Å². The van der Waals surface area contributed by atoms with E-state index in [1.807, 2.05) is 0 Å². The fourth-order valence-electron chi connectivity index (χ4n) is 0.490. The van der Waals surface area contributed by atoms with E-state index in [0.29, 0.717) is 0 Å². The van der Waals surface area contributed by atoms with Gasteiger partial charge in [0.1, 0.15) is 6.34 Å². The van der Waals surface area contributed by atoms with Crippen LogP contribution in [0.4, 0.5) is 0 Å². The Kier molecular flexibility index (Phi) is 1.44. The Morgan fingerprint density at radius 3 is 2.70 bits per heavy atom. The molecule has 10 heavy (non-hydrogen) atoms. The third-order valence-electron chi connectivity index (χ3n) is 1.23. The summed E-state index contributed by atoms with van der Waals surface area (Å²) in [6.07, 6.45) is 1.09. The minimum atomic E-state index is -1.54. The summed E-state index contributed by atoms with van der Waals surface area (Å²) < 4.78 is 0. The standard InChI is InChI=1S/C4H4ClN3O2/c1-4(8(9)10)3(5)6-2-7-4/h2H,1H3. The number of nitro groups is 1. The summed E-state index contributed by atoms with van der Waals surface area (Å²) in [5, 5.41) is 10.2. The van der Waals surface area contributed by atoms with E-state index in [1.54, 1.807) is 0 Å². The van der Waals surface area contributed by atoms with Gasteiger partial charge in [0, 0.05) is 6.92 Å². The van der Waals surface area contributed by atoms with Gasteiger partial charge in [0.05, 0.1) is 4.92 Å². The van der Waals surface area contributed by atoms with Gasteiger partial charge in [0.25, 0.3) is 0 Å². The van der Waals surface area contributed by atoms with Gasteiger partial charge in [0.2, 0.25) is 5.17 Å². The minimum absolute atomic E-state index is 0.0995. The molecule has 1 rings (SSSR count). The van der Waals surface area contributed by atoms with E-state index in [2.05, 4.69) is 9.98 Å². The van der Waals surface area contributed by atoms with E-state index >= 15 is 0 Å². The monoisotopic (exact) mass is 161 g/mol. The van der Waals surface area contributed by atoms with Gasteiger partial charge < -0.3 is 0 Å². The van der Waals surface area contributed by atoms with Crippen LogP contribution >= 0.6 is 11.6 Å². The molecule has 1 unspecified atom stereocenters. The molecule has 0 aromatic heterocycles. The highest BCUT2D eigenvalue weighted by Gasteiger charge is 2.44. The number of aliphatic imine (C=N–C) groups is 2. The molecule has 1 heterocycles. The molecule has 0 saturated carbocycles. The maximum Gasteiger partial charge on any atom is 0.364 e. The predicted octanol–water partition coefficient (Wildman–Crippen LogP) is 0.658. The van der Waals surface area contributed by atoms with Gasteiger partial charge in [-0.2, -0.15) is 4.99 Å². The van der Waals surface area contributed by atoms with Crippen molar-refractivity contribution >= 4 is 23.1 Å². The van der Waals surface area contributed by atoms with E-state index in [9.17, 15) is 10.1 Å². The van der Waals surface area contributed by atoms with Gasteiger partial charge in [-0.3, -0.25) is 10.1 Å². The van der Waals surface area contributed by atoms with Gasteiger partial charge in [0.15, 0.2) is 0 Å². The number of nitrogens with zero attached hydrogens (tertiary/aromatic N) is 3.